The molecule has 0 fully saturated rings. The average molecular weight is 272 g/mol. The first-order valence-electron chi connectivity index (χ1n) is 7.34. The summed E-state index contributed by atoms with van der Waals surface area (Å²) >= 11 is 0. The van der Waals surface area contributed by atoms with Gasteiger partial charge in [-0.05, 0) is 30.4 Å². The van der Waals surface area contributed by atoms with Crippen LogP contribution in [0.1, 0.15) is 37.7 Å². The maximum atomic E-state index is 4.12. The van der Waals surface area contributed by atoms with Crippen LogP contribution in [0, 0.1) is 5.92 Å². The maximum Gasteiger partial charge on any atom is 0.146 e. The molecular formula is C16H24N4. The average Bonchev–Trinajstić information content (AvgIpc) is 2.87. The van der Waals surface area contributed by atoms with Gasteiger partial charge in [0.15, 0.2) is 0 Å². The first kappa shape index (κ1) is 14.7. The third-order valence-corrected chi connectivity index (χ3v) is 3.32. The number of nitrogens with one attached hydrogen (secondary N) is 1. The molecule has 0 aliphatic heterocycles. The van der Waals surface area contributed by atoms with Gasteiger partial charge in [0.1, 0.15) is 12.2 Å². The minimum Gasteiger partial charge on any atom is -0.317 e. The molecule has 2 aromatic rings. The predicted octanol–water partition coefficient (Wildman–Crippen LogP) is 2.79. The van der Waals surface area contributed by atoms with Crippen LogP contribution in [-0.4, -0.2) is 14.8 Å². The molecule has 20 heavy (non-hydrogen) atoms. The van der Waals surface area contributed by atoms with E-state index in [1.54, 1.807) is 6.33 Å². The Labute approximate surface area is 121 Å². The van der Waals surface area contributed by atoms with Crippen molar-refractivity contribution in [1.82, 2.24) is 20.1 Å². The Balaban J connectivity index is 1.82. The van der Waals surface area contributed by atoms with E-state index in [0.29, 0.717) is 5.92 Å². The number of aryl methyl sites for hydroxylation is 1. The Kier molecular flexibility index (Phi) is 5.30. The Morgan fingerprint density at radius 1 is 1.10 bits per heavy atom. The van der Waals surface area contributed by atoms with Gasteiger partial charge in [-0.25, -0.2) is 0 Å². The van der Waals surface area contributed by atoms with Crippen molar-refractivity contribution in [3.8, 4) is 0 Å². The van der Waals surface area contributed by atoms with Crippen molar-refractivity contribution in [2.24, 2.45) is 5.92 Å². The smallest absolute Gasteiger partial charge is 0.146 e. The summed E-state index contributed by atoms with van der Waals surface area (Å²) in [7, 11) is 0. The molecule has 4 nitrogen and oxygen atoms in total. The summed E-state index contributed by atoms with van der Waals surface area (Å²) in [6.45, 7) is 9.12. The fourth-order valence-electron chi connectivity index (χ4n) is 2.26. The number of rotatable bonds is 7. The molecule has 1 N–H and O–H groups in total. The van der Waals surface area contributed by atoms with Crippen LogP contribution in [0.5, 0.6) is 0 Å². The van der Waals surface area contributed by atoms with Crippen molar-refractivity contribution in [2.45, 2.75) is 46.8 Å². The molecule has 0 bridgehead atoms. The van der Waals surface area contributed by atoms with Crippen molar-refractivity contribution in [3.05, 3.63) is 47.5 Å². The molecule has 0 aliphatic carbocycles. The van der Waals surface area contributed by atoms with Gasteiger partial charge in [0.25, 0.3) is 0 Å². The lowest BCUT2D eigenvalue weighted by atomic mass is 10.0. The Bertz CT molecular complexity index is 514. The molecule has 2 rings (SSSR count). The first-order valence-corrected chi connectivity index (χ1v) is 7.34. The molecule has 4 heteroatoms. The summed E-state index contributed by atoms with van der Waals surface area (Å²) < 4.78 is 2.05. The van der Waals surface area contributed by atoms with Gasteiger partial charge >= 0.3 is 0 Å². The molecule has 108 valence electrons. The molecule has 1 aromatic heterocycles. The lowest BCUT2D eigenvalue weighted by Gasteiger charge is -2.08. The maximum absolute atomic E-state index is 4.12. The Morgan fingerprint density at radius 2 is 1.80 bits per heavy atom. The van der Waals surface area contributed by atoms with Crippen LogP contribution in [0.3, 0.4) is 0 Å². The highest BCUT2D eigenvalue weighted by atomic mass is 15.3. The summed E-state index contributed by atoms with van der Waals surface area (Å²) in [6.07, 6.45) is 2.92. The molecule has 0 radical (unpaired) electrons. The molecule has 0 spiro atoms. The van der Waals surface area contributed by atoms with Crippen molar-refractivity contribution >= 4 is 0 Å². The van der Waals surface area contributed by atoms with E-state index in [1.807, 2.05) is 0 Å². The predicted molar refractivity (Wildman–Crippen MR) is 81.2 cm³/mol. The van der Waals surface area contributed by atoms with Gasteiger partial charge in [-0.15, -0.1) is 10.2 Å². The van der Waals surface area contributed by atoms with E-state index in [2.05, 4.69) is 65.1 Å². The summed E-state index contributed by atoms with van der Waals surface area (Å²) in [4.78, 5) is 0. The van der Waals surface area contributed by atoms with Crippen LogP contribution in [0.2, 0.25) is 0 Å². The summed E-state index contributed by atoms with van der Waals surface area (Å²) in [5.41, 5.74) is 2.72. The van der Waals surface area contributed by atoms with Gasteiger partial charge < -0.3 is 9.88 Å². The second kappa shape index (κ2) is 7.20. The molecule has 0 unspecified atom stereocenters. The van der Waals surface area contributed by atoms with E-state index in [0.717, 1.165) is 31.9 Å². The third kappa shape index (κ3) is 4.17. The summed E-state index contributed by atoms with van der Waals surface area (Å²) in [6, 6.07) is 8.86. The van der Waals surface area contributed by atoms with E-state index in [1.165, 1.54) is 11.1 Å². The Morgan fingerprint density at radius 3 is 2.45 bits per heavy atom. The van der Waals surface area contributed by atoms with Gasteiger partial charge in [0.05, 0.1) is 6.54 Å². The number of benzene rings is 1. The largest absolute Gasteiger partial charge is 0.317 e. The van der Waals surface area contributed by atoms with Crippen LogP contribution in [-0.2, 0) is 26.1 Å². The number of nitrogens with zero attached hydrogens (tertiary/aromatic N) is 3. The second-order valence-electron chi connectivity index (χ2n) is 5.55. The molecule has 0 atom stereocenters. The fourth-order valence-corrected chi connectivity index (χ4v) is 2.26. The molecular weight excluding hydrogens is 248 g/mol. The van der Waals surface area contributed by atoms with Gasteiger partial charge in [0, 0.05) is 13.1 Å². The molecule has 0 amide bonds. The monoisotopic (exact) mass is 272 g/mol. The van der Waals surface area contributed by atoms with Crippen LogP contribution in [0.15, 0.2) is 30.6 Å². The molecule has 1 heterocycles. The van der Waals surface area contributed by atoms with Crippen molar-refractivity contribution < 1.29 is 0 Å². The van der Waals surface area contributed by atoms with Crippen molar-refractivity contribution in [2.75, 3.05) is 0 Å². The summed E-state index contributed by atoms with van der Waals surface area (Å²) in [5.74, 6) is 1.70. The highest BCUT2D eigenvalue weighted by Gasteiger charge is 2.02. The normalized spacial score (nSPS) is 11.2. The van der Waals surface area contributed by atoms with E-state index < -0.39 is 0 Å². The zero-order valence-electron chi connectivity index (χ0n) is 12.6. The standard InChI is InChI=1S/C16H24N4/c1-4-20-12-18-19-16(20)11-17-10-15-7-5-14(6-8-15)9-13(2)3/h5-8,12-13,17H,4,9-11H2,1-3H3. The van der Waals surface area contributed by atoms with E-state index in [9.17, 15) is 0 Å². The van der Waals surface area contributed by atoms with Gasteiger partial charge in [-0.1, -0.05) is 38.1 Å². The van der Waals surface area contributed by atoms with E-state index >= 15 is 0 Å². The van der Waals surface area contributed by atoms with E-state index in [-0.39, 0.29) is 0 Å². The third-order valence-electron chi connectivity index (χ3n) is 3.32. The fraction of sp³-hybridized carbons (Fsp3) is 0.500. The quantitative estimate of drug-likeness (QED) is 0.843. The zero-order chi connectivity index (χ0) is 14.4. The van der Waals surface area contributed by atoms with Crippen molar-refractivity contribution in [1.29, 1.82) is 0 Å². The lowest BCUT2D eigenvalue weighted by molar-refractivity contribution is 0.612. The first-order chi connectivity index (χ1) is 9.69. The minimum atomic E-state index is 0.708. The lowest BCUT2D eigenvalue weighted by Crippen LogP contribution is -2.16. The van der Waals surface area contributed by atoms with Gasteiger partial charge in [-0.3, -0.25) is 0 Å². The number of hydrogen-bond acceptors (Lipinski definition) is 3. The summed E-state index contributed by atoms with van der Waals surface area (Å²) in [5, 5.41) is 11.5. The highest BCUT2D eigenvalue weighted by Crippen LogP contribution is 2.09. The van der Waals surface area contributed by atoms with Gasteiger partial charge in [0.2, 0.25) is 0 Å². The van der Waals surface area contributed by atoms with Crippen molar-refractivity contribution in [3.63, 3.8) is 0 Å². The van der Waals surface area contributed by atoms with Gasteiger partial charge in [-0.2, -0.15) is 0 Å². The SMILES string of the molecule is CCn1cnnc1CNCc1ccc(CC(C)C)cc1. The molecule has 1 aromatic carbocycles. The molecule has 0 aliphatic rings. The molecule has 0 saturated heterocycles. The highest BCUT2D eigenvalue weighted by molar-refractivity contribution is 5.22. The topological polar surface area (TPSA) is 42.7 Å². The number of hydrogen-bond donors (Lipinski definition) is 1. The molecule has 0 saturated carbocycles. The minimum absolute atomic E-state index is 0.708. The van der Waals surface area contributed by atoms with Crippen LogP contribution in [0.4, 0.5) is 0 Å². The Hall–Kier alpha value is -1.68. The van der Waals surface area contributed by atoms with Crippen LogP contribution >= 0.6 is 0 Å². The second-order valence-corrected chi connectivity index (χ2v) is 5.55. The van der Waals surface area contributed by atoms with Crippen LogP contribution in [0.25, 0.3) is 0 Å². The zero-order valence-corrected chi connectivity index (χ0v) is 12.6. The van der Waals surface area contributed by atoms with E-state index in [4.69, 9.17) is 0 Å². The number of aromatic nitrogens is 3. The van der Waals surface area contributed by atoms with Crippen LogP contribution < -0.4 is 5.32 Å².